The first-order valence-corrected chi connectivity index (χ1v) is 9.32. The van der Waals surface area contributed by atoms with E-state index in [2.05, 4.69) is 6.58 Å². The third kappa shape index (κ3) is 7.05. The van der Waals surface area contributed by atoms with E-state index >= 15 is 0 Å². The molecule has 2 atom stereocenters. The summed E-state index contributed by atoms with van der Waals surface area (Å²) in [4.78, 5) is 13.7. The van der Waals surface area contributed by atoms with E-state index in [1.807, 2.05) is 0 Å². The quantitative estimate of drug-likeness (QED) is 0.337. The second-order valence-electron chi connectivity index (χ2n) is 5.23. The van der Waals surface area contributed by atoms with Gasteiger partial charge in [-0.15, -0.1) is 6.58 Å². The second kappa shape index (κ2) is 10.9. The Morgan fingerprint density at radius 1 is 1.32 bits per heavy atom. The van der Waals surface area contributed by atoms with E-state index in [0.717, 1.165) is 12.8 Å². The number of rotatable bonds is 12. The highest BCUT2D eigenvalue weighted by Crippen LogP contribution is 2.55. The van der Waals surface area contributed by atoms with Gasteiger partial charge in [-0.3, -0.25) is 9.36 Å². The van der Waals surface area contributed by atoms with Crippen LogP contribution in [0.25, 0.3) is 0 Å². The topological polar surface area (TPSA) is 76.1 Å². The van der Waals surface area contributed by atoms with E-state index in [9.17, 15) is 14.5 Å². The minimum absolute atomic E-state index is 0.0609. The van der Waals surface area contributed by atoms with Crippen LogP contribution in [0.3, 0.4) is 0 Å². The van der Waals surface area contributed by atoms with E-state index in [1.165, 1.54) is 4.90 Å². The van der Waals surface area contributed by atoms with Crippen molar-refractivity contribution in [3.05, 3.63) is 12.7 Å². The molecule has 0 aromatic carbocycles. The zero-order valence-electron chi connectivity index (χ0n) is 14.2. The van der Waals surface area contributed by atoms with Crippen molar-refractivity contribution in [1.82, 2.24) is 4.90 Å². The molecule has 1 amide bonds. The molecular weight excluding hydrogens is 305 g/mol. The maximum Gasteiger partial charge on any atom is 0.343 e. The van der Waals surface area contributed by atoms with Crippen LogP contribution in [0.2, 0.25) is 0 Å². The molecule has 1 unspecified atom stereocenters. The predicted molar refractivity (Wildman–Crippen MR) is 88.0 cm³/mol. The molecule has 0 heterocycles. The van der Waals surface area contributed by atoms with Gasteiger partial charge in [-0.1, -0.05) is 6.08 Å². The summed E-state index contributed by atoms with van der Waals surface area (Å²) in [5.74, 6) is -0.354. The minimum atomic E-state index is -3.60. The third-order valence-corrected chi connectivity index (χ3v) is 5.60. The number of hydrogen-bond acceptors (Lipinski definition) is 5. The number of carbonyl (C=O) groups excluding carboxylic acids is 1. The van der Waals surface area contributed by atoms with E-state index in [1.54, 1.807) is 34.0 Å². The van der Waals surface area contributed by atoms with E-state index in [4.69, 9.17) is 9.05 Å². The third-order valence-electron chi connectivity index (χ3n) is 3.17. The number of hydrogen-bond donors (Lipinski definition) is 1. The summed E-state index contributed by atoms with van der Waals surface area (Å²) < 4.78 is 23.5. The van der Waals surface area contributed by atoms with Crippen molar-refractivity contribution < 1.29 is 23.5 Å². The molecule has 22 heavy (non-hydrogen) atoms. The molecule has 0 saturated heterocycles. The number of aliphatic hydroxyl groups is 1. The van der Waals surface area contributed by atoms with Crippen LogP contribution in [0.1, 0.15) is 39.5 Å². The SMILES string of the molecule is C=CCCC[C@H](O)CC(C(=O)N(C)C)P(=O)(OCC)OCC. The number of unbranched alkanes of at least 4 members (excludes halogenated alkanes) is 1. The van der Waals surface area contributed by atoms with Gasteiger partial charge >= 0.3 is 7.60 Å². The lowest BCUT2D eigenvalue weighted by Crippen LogP contribution is -2.37. The highest BCUT2D eigenvalue weighted by Gasteiger charge is 2.42. The van der Waals surface area contributed by atoms with Gasteiger partial charge in [0.25, 0.3) is 0 Å². The molecule has 0 aromatic rings. The van der Waals surface area contributed by atoms with Crippen LogP contribution < -0.4 is 0 Å². The van der Waals surface area contributed by atoms with Crippen molar-refractivity contribution in [2.45, 2.75) is 51.3 Å². The lowest BCUT2D eigenvalue weighted by atomic mass is 10.1. The van der Waals surface area contributed by atoms with Crippen molar-refractivity contribution >= 4 is 13.5 Å². The van der Waals surface area contributed by atoms with Gasteiger partial charge in [0, 0.05) is 14.1 Å². The summed E-state index contributed by atoms with van der Waals surface area (Å²) >= 11 is 0. The Kier molecular flexibility index (Phi) is 10.6. The van der Waals surface area contributed by atoms with Crippen LogP contribution in [0, 0.1) is 0 Å². The average molecular weight is 335 g/mol. The fraction of sp³-hybridized carbons (Fsp3) is 0.800. The van der Waals surface area contributed by atoms with E-state index in [-0.39, 0.29) is 25.5 Å². The fourth-order valence-electron chi connectivity index (χ4n) is 2.11. The molecule has 0 aliphatic heterocycles. The second-order valence-corrected chi connectivity index (χ2v) is 7.45. The number of carbonyl (C=O) groups is 1. The fourth-order valence-corrected chi connectivity index (χ4v) is 4.27. The number of nitrogens with zero attached hydrogens (tertiary/aromatic N) is 1. The number of amides is 1. The monoisotopic (exact) mass is 335 g/mol. The van der Waals surface area contributed by atoms with Gasteiger partial charge in [0.1, 0.15) is 5.66 Å². The van der Waals surface area contributed by atoms with Gasteiger partial charge in [-0.25, -0.2) is 0 Å². The average Bonchev–Trinajstić information content (AvgIpc) is 2.44. The molecule has 0 spiro atoms. The van der Waals surface area contributed by atoms with Crippen LogP contribution in [-0.2, 0) is 18.4 Å². The molecule has 0 bridgehead atoms. The van der Waals surface area contributed by atoms with Crippen molar-refractivity contribution in [2.75, 3.05) is 27.3 Å². The van der Waals surface area contributed by atoms with Crippen LogP contribution in [0.4, 0.5) is 0 Å². The largest absolute Gasteiger partial charge is 0.393 e. The zero-order chi connectivity index (χ0) is 17.2. The summed E-state index contributed by atoms with van der Waals surface area (Å²) in [5.41, 5.74) is -0.985. The lowest BCUT2D eigenvalue weighted by Gasteiger charge is -2.29. The van der Waals surface area contributed by atoms with Gasteiger partial charge in [-0.2, -0.15) is 0 Å². The van der Waals surface area contributed by atoms with Crippen LogP contribution in [0.5, 0.6) is 0 Å². The summed E-state index contributed by atoms with van der Waals surface area (Å²) in [6.45, 7) is 7.39. The number of aliphatic hydroxyl groups excluding tert-OH is 1. The number of allylic oxidation sites excluding steroid dienone is 1. The van der Waals surface area contributed by atoms with Crippen molar-refractivity contribution in [1.29, 1.82) is 0 Å². The summed E-state index contributed by atoms with van der Waals surface area (Å²) in [5, 5.41) is 10.1. The molecule has 0 fully saturated rings. The van der Waals surface area contributed by atoms with E-state index in [0.29, 0.717) is 6.42 Å². The Morgan fingerprint density at radius 2 is 1.86 bits per heavy atom. The molecule has 130 valence electrons. The maximum absolute atomic E-state index is 12.9. The van der Waals surface area contributed by atoms with Gasteiger partial charge in [0.15, 0.2) is 0 Å². The summed E-state index contributed by atoms with van der Waals surface area (Å²) in [6, 6.07) is 0. The molecule has 0 saturated carbocycles. The Bertz CT molecular complexity index is 376. The maximum atomic E-state index is 12.9. The van der Waals surface area contributed by atoms with E-state index < -0.39 is 19.4 Å². The van der Waals surface area contributed by atoms with Gasteiger partial charge < -0.3 is 19.1 Å². The molecule has 6 nitrogen and oxygen atoms in total. The van der Waals surface area contributed by atoms with Gasteiger partial charge in [-0.05, 0) is 39.5 Å². The lowest BCUT2D eigenvalue weighted by molar-refractivity contribution is -0.129. The molecule has 0 aromatic heterocycles. The Labute approximate surface area is 134 Å². The zero-order valence-corrected chi connectivity index (χ0v) is 15.1. The molecule has 0 aliphatic rings. The van der Waals surface area contributed by atoms with Gasteiger partial charge in [0.2, 0.25) is 5.91 Å². The van der Waals surface area contributed by atoms with Crippen molar-refractivity contribution in [2.24, 2.45) is 0 Å². The first-order chi connectivity index (χ1) is 10.3. The van der Waals surface area contributed by atoms with Crippen LogP contribution >= 0.6 is 7.60 Å². The molecular formula is C15H30NO5P. The predicted octanol–water partition coefficient (Wildman–Crippen LogP) is 2.82. The molecule has 1 N–H and O–H groups in total. The normalized spacial score (nSPS) is 14.4. The Balaban J connectivity index is 5.13. The molecule has 0 rings (SSSR count). The molecule has 7 heteroatoms. The van der Waals surface area contributed by atoms with Gasteiger partial charge in [0.05, 0.1) is 19.3 Å². The Morgan fingerprint density at radius 3 is 2.27 bits per heavy atom. The first kappa shape index (κ1) is 21.3. The first-order valence-electron chi connectivity index (χ1n) is 7.71. The summed E-state index contributed by atoms with van der Waals surface area (Å²) in [7, 11) is -0.434. The molecule has 0 radical (unpaired) electrons. The van der Waals surface area contributed by atoms with Crippen LogP contribution in [0.15, 0.2) is 12.7 Å². The van der Waals surface area contributed by atoms with Crippen molar-refractivity contribution in [3.8, 4) is 0 Å². The molecule has 0 aliphatic carbocycles. The smallest absolute Gasteiger partial charge is 0.343 e. The summed E-state index contributed by atoms with van der Waals surface area (Å²) in [6.07, 6.45) is 3.18. The highest BCUT2D eigenvalue weighted by atomic mass is 31.2. The minimum Gasteiger partial charge on any atom is -0.393 e. The van der Waals surface area contributed by atoms with Crippen LogP contribution in [-0.4, -0.2) is 55.0 Å². The highest BCUT2D eigenvalue weighted by molar-refractivity contribution is 7.55. The Hall–Kier alpha value is -0.680. The standard InChI is InChI=1S/C15H30NO5P/c1-6-9-10-11-13(17)12-14(15(18)16(4)5)22(19,20-7-2)21-8-3/h6,13-14,17H,1,7-12H2,2-5H3/t13-,14?/m0/s1. The van der Waals surface area contributed by atoms with Crippen molar-refractivity contribution in [3.63, 3.8) is 0 Å².